The van der Waals surface area contributed by atoms with Crippen molar-refractivity contribution in [2.45, 2.75) is 32.1 Å². The van der Waals surface area contributed by atoms with Crippen LogP contribution < -0.4 is 0 Å². The maximum atomic E-state index is 11.6. The number of carbonyl (C=O) groups excluding carboxylic acids is 1. The van der Waals surface area contributed by atoms with Gasteiger partial charge in [-0.2, -0.15) is 5.10 Å². The Balaban J connectivity index is 2.22. The highest BCUT2D eigenvalue weighted by Gasteiger charge is 2.06. The highest BCUT2D eigenvalue weighted by Crippen LogP contribution is 2.08. The molecule has 0 atom stereocenters. The van der Waals surface area contributed by atoms with Crippen LogP contribution in [-0.2, 0) is 7.05 Å². The Bertz CT molecular complexity index is 328. The number of ketones is 1. The van der Waals surface area contributed by atoms with E-state index in [1.165, 1.54) is 0 Å². The third kappa shape index (κ3) is 4.11. The number of aryl methyl sites for hydroxylation is 1. The van der Waals surface area contributed by atoms with Gasteiger partial charge < -0.3 is 0 Å². The summed E-state index contributed by atoms with van der Waals surface area (Å²) in [5.41, 5.74) is 0.723. The molecule has 1 rings (SSSR count). The van der Waals surface area contributed by atoms with E-state index in [-0.39, 0.29) is 5.78 Å². The van der Waals surface area contributed by atoms with Gasteiger partial charge in [-0.15, -0.1) is 6.58 Å². The lowest BCUT2D eigenvalue weighted by molar-refractivity contribution is 0.0979. The Kier molecular flexibility index (Phi) is 4.81. The van der Waals surface area contributed by atoms with Gasteiger partial charge >= 0.3 is 0 Å². The minimum absolute atomic E-state index is 0.196. The zero-order chi connectivity index (χ0) is 11.1. The molecule has 1 heterocycles. The summed E-state index contributed by atoms with van der Waals surface area (Å²) in [5.74, 6) is 0.196. The lowest BCUT2D eigenvalue weighted by Crippen LogP contribution is -1.97. The second-order valence-corrected chi connectivity index (χ2v) is 3.71. The molecule has 0 aromatic carbocycles. The average molecular weight is 206 g/mol. The van der Waals surface area contributed by atoms with Crippen molar-refractivity contribution in [3.8, 4) is 0 Å². The summed E-state index contributed by atoms with van der Waals surface area (Å²) < 4.78 is 1.66. The van der Waals surface area contributed by atoms with Crippen LogP contribution in [0.1, 0.15) is 42.5 Å². The predicted octanol–water partition coefficient (Wildman–Crippen LogP) is 2.74. The van der Waals surface area contributed by atoms with Gasteiger partial charge in [0.1, 0.15) is 0 Å². The van der Waals surface area contributed by atoms with Crippen LogP contribution in [0.15, 0.2) is 25.0 Å². The van der Waals surface area contributed by atoms with Crippen molar-refractivity contribution in [3.63, 3.8) is 0 Å². The summed E-state index contributed by atoms with van der Waals surface area (Å²) in [7, 11) is 1.82. The maximum absolute atomic E-state index is 11.6. The Morgan fingerprint density at radius 3 is 2.93 bits per heavy atom. The van der Waals surface area contributed by atoms with Gasteiger partial charge in [-0.05, 0) is 19.3 Å². The minimum Gasteiger partial charge on any atom is -0.294 e. The minimum atomic E-state index is 0.196. The quantitative estimate of drug-likeness (QED) is 0.390. The van der Waals surface area contributed by atoms with Crippen LogP contribution in [0.2, 0.25) is 0 Å². The zero-order valence-electron chi connectivity index (χ0n) is 9.28. The molecule has 1 aromatic heterocycles. The lowest BCUT2D eigenvalue weighted by Gasteiger charge is -1.97. The summed E-state index contributed by atoms with van der Waals surface area (Å²) >= 11 is 0. The molecule has 0 N–H and O–H groups in total. The normalized spacial score (nSPS) is 10.2. The molecule has 0 saturated heterocycles. The molecule has 0 radical (unpaired) electrons. The second-order valence-electron chi connectivity index (χ2n) is 3.71. The van der Waals surface area contributed by atoms with Crippen LogP contribution >= 0.6 is 0 Å². The number of carbonyl (C=O) groups is 1. The molecule has 0 aliphatic rings. The largest absolute Gasteiger partial charge is 0.294 e. The first-order valence-electron chi connectivity index (χ1n) is 5.37. The lowest BCUT2D eigenvalue weighted by atomic mass is 10.1. The maximum Gasteiger partial charge on any atom is 0.166 e. The van der Waals surface area contributed by atoms with E-state index in [0.717, 1.165) is 31.2 Å². The van der Waals surface area contributed by atoms with Crippen molar-refractivity contribution in [1.82, 2.24) is 9.78 Å². The molecule has 1 aromatic rings. The Hall–Kier alpha value is -1.38. The molecular formula is C12H18N2O. The van der Waals surface area contributed by atoms with Crippen LogP contribution in [-0.4, -0.2) is 15.6 Å². The summed E-state index contributed by atoms with van der Waals surface area (Å²) in [5, 5.41) is 3.98. The van der Waals surface area contributed by atoms with E-state index in [9.17, 15) is 4.79 Å². The summed E-state index contributed by atoms with van der Waals surface area (Å²) in [4.78, 5) is 11.6. The third-order valence-corrected chi connectivity index (χ3v) is 2.34. The van der Waals surface area contributed by atoms with E-state index < -0.39 is 0 Å². The predicted molar refractivity (Wildman–Crippen MR) is 60.8 cm³/mol. The van der Waals surface area contributed by atoms with Gasteiger partial charge in [0.2, 0.25) is 0 Å². The summed E-state index contributed by atoms with van der Waals surface area (Å²) in [6.07, 6.45) is 10.2. The van der Waals surface area contributed by atoms with Crippen LogP contribution in [0, 0.1) is 0 Å². The smallest absolute Gasteiger partial charge is 0.166 e. The fraction of sp³-hybridized carbons (Fsp3) is 0.500. The monoisotopic (exact) mass is 206 g/mol. The average Bonchev–Trinajstić information content (AvgIpc) is 2.64. The van der Waals surface area contributed by atoms with Crippen molar-refractivity contribution < 1.29 is 4.79 Å². The van der Waals surface area contributed by atoms with Crippen molar-refractivity contribution in [2.24, 2.45) is 7.05 Å². The standard InChI is InChI=1S/C12H18N2O/c1-3-4-5-6-7-8-12(15)11-9-13-14(2)10-11/h3,9-10H,1,4-8H2,2H3. The molecule has 0 unspecified atom stereocenters. The van der Waals surface area contributed by atoms with E-state index in [4.69, 9.17) is 0 Å². The summed E-state index contributed by atoms with van der Waals surface area (Å²) in [6, 6.07) is 0. The first-order valence-corrected chi connectivity index (χ1v) is 5.37. The van der Waals surface area contributed by atoms with Gasteiger partial charge in [-0.1, -0.05) is 12.5 Å². The number of Topliss-reactive ketones (excluding diaryl/α,β-unsaturated/α-hetero) is 1. The fourth-order valence-electron chi connectivity index (χ4n) is 1.46. The highest BCUT2D eigenvalue weighted by molar-refractivity contribution is 5.95. The SMILES string of the molecule is C=CCCCCCC(=O)c1cnn(C)c1. The van der Waals surface area contributed by atoms with Crippen molar-refractivity contribution >= 4 is 5.78 Å². The van der Waals surface area contributed by atoms with Gasteiger partial charge in [0.05, 0.1) is 11.8 Å². The van der Waals surface area contributed by atoms with Crippen molar-refractivity contribution in [2.75, 3.05) is 0 Å². The number of aromatic nitrogens is 2. The number of nitrogens with zero attached hydrogens (tertiary/aromatic N) is 2. The van der Waals surface area contributed by atoms with Gasteiger partial charge in [-0.3, -0.25) is 9.48 Å². The first kappa shape index (κ1) is 11.7. The number of hydrogen-bond donors (Lipinski definition) is 0. The molecule has 0 saturated carbocycles. The van der Waals surface area contributed by atoms with Gasteiger partial charge in [0.25, 0.3) is 0 Å². The van der Waals surface area contributed by atoms with Gasteiger partial charge in [-0.25, -0.2) is 0 Å². The Morgan fingerprint density at radius 2 is 2.33 bits per heavy atom. The molecule has 82 valence electrons. The van der Waals surface area contributed by atoms with Gasteiger partial charge in [0.15, 0.2) is 5.78 Å². The Morgan fingerprint density at radius 1 is 1.53 bits per heavy atom. The first-order chi connectivity index (χ1) is 7.24. The van der Waals surface area contributed by atoms with E-state index in [1.54, 1.807) is 17.1 Å². The molecule has 15 heavy (non-hydrogen) atoms. The van der Waals surface area contributed by atoms with Crippen LogP contribution in [0.5, 0.6) is 0 Å². The van der Waals surface area contributed by atoms with Crippen LogP contribution in [0.3, 0.4) is 0 Å². The molecule has 0 aliphatic carbocycles. The Labute approximate surface area is 90.8 Å². The van der Waals surface area contributed by atoms with Crippen LogP contribution in [0.4, 0.5) is 0 Å². The topological polar surface area (TPSA) is 34.9 Å². The van der Waals surface area contributed by atoms with Crippen molar-refractivity contribution in [3.05, 3.63) is 30.6 Å². The van der Waals surface area contributed by atoms with Crippen LogP contribution in [0.25, 0.3) is 0 Å². The number of allylic oxidation sites excluding steroid dienone is 1. The van der Waals surface area contributed by atoms with E-state index >= 15 is 0 Å². The van der Waals surface area contributed by atoms with Gasteiger partial charge in [0, 0.05) is 19.7 Å². The molecule has 0 fully saturated rings. The molecule has 0 spiro atoms. The molecule has 0 aliphatic heterocycles. The molecule has 0 bridgehead atoms. The van der Waals surface area contributed by atoms with E-state index in [0.29, 0.717) is 6.42 Å². The zero-order valence-corrected chi connectivity index (χ0v) is 9.28. The second kappa shape index (κ2) is 6.17. The highest BCUT2D eigenvalue weighted by atomic mass is 16.1. The number of unbranched alkanes of at least 4 members (excludes halogenated alkanes) is 3. The summed E-state index contributed by atoms with van der Waals surface area (Å²) in [6.45, 7) is 3.67. The number of rotatable bonds is 7. The molecule has 0 amide bonds. The third-order valence-electron chi connectivity index (χ3n) is 2.34. The molecular weight excluding hydrogens is 188 g/mol. The number of hydrogen-bond acceptors (Lipinski definition) is 2. The van der Waals surface area contributed by atoms with E-state index in [1.807, 2.05) is 13.1 Å². The van der Waals surface area contributed by atoms with Crippen molar-refractivity contribution in [1.29, 1.82) is 0 Å². The van der Waals surface area contributed by atoms with E-state index in [2.05, 4.69) is 11.7 Å². The molecule has 3 nitrogen and oxygen atoms in total. The molecule has 3 heteroatoms. The fourth-order valence-corrected chi connectivity index (χ4v) is 1.46.